The maximum Gasteiger partial charge on any atom is 0.120 e. The molecule has 19 heavy (non-hydrogen) atoms. The number of nitrogens with one attached hydrogen (secondary N) is 1. The van der Waals surface area contributed by atoms with E-state index < -0.39 is 0 Å². The fourth-order valence-electron chi connectivity index (χ4n) is 4.53. The van der Waals surface area contributed by atoms with Gasteiger partial charge in [-0.25, -0.2) is 0 Å². The lowest BCUT2D eigenvalue weighted by Crippen LogP contribution is -2.71. The first-order chi connectivity index (χ1) is 9.21. The van der Waals surface area contributed by atoms with E-state index in [-0.39, 0.29) is 0 Å². The van der Waals surface area contributed by atoms with E-state index in [9.17, 15) is 0 Å². The van der Waals surface area contributed by atoms with Crippen LogP contribution in [0.3, 0.4) is 0 Å². The summed E-state index contributed by atoms with van der Waals surface area (Å²) < 4.78 is 11.7. The molecule has 0 bridgehead atoms. The van der Waals surface area contributed by atoms with E-state index in [1.807, 2.05) is 6.92 Å². The molecule has 1 spiro atoms. The molecule has 1 aromatic rings. The monoisotopic (exact) mass is 261 g/mol. The Kier molecular flexibility index (Phi) is 2.58. The third-order valence-electron chi connectivity index (χ3n) is 5.65. The smallest absolute Gasteiger partial charge is 0.120 e. The SMILES string of the molecule is Cc1ccc(C(C)NC2C3CCOC3C23CCC3)o1. The molecular formula is C16H23NO2. The van der Waals surface area contributed by atoms with Crippen LogP contribution in [0.2, 0.25) is 0 Å². The average molecular weight is 261 g/mol. The van der Waals surface area contributed by atoms with Gasteiger partial charge in [-0.2, -0.15) is 0 Å². The van der Waals surface area contributed by atoms with Gasteiger partial charge in [0, 0.05) is 24.0 Å². The molecule has 2 heterocycles. The molecule has 2 saturated carbocycles. The van der Waals surface area contributed by atoms with Crippen molar-refractivity contribution in [2.45, 2.75) is 57.7 Å². The van der Waals surface area contributed by atoms with Gasteiger partial charge < -0.3 is 14.5 Å². The van der Waals surface area contributed by atoms with E-state index in [2.05, 4.69) is 24.4 Å². The van der Waals surface area contributed by atoms with Gasteiger partial charge in [0.2, 0.25) is 0 Å². The maximum absolute atomic E-state index is 5.97. The lowest BCUT2D eigenvalue weighted by molar-refractivity contribution is -0.178. The van der Waals surface area contributed by atoms with Crippen LogP contribution in [0.5, 0.6) is 0 Å². The zero-order valence-corrected chi connectivity index (χ0v) is 11.8. The first kappa shape index (κ1) is 12.0. The number of hydrogen-bond donors (Lipinski definition) is 1. The van der Waals surface area contributed by atoms with Crippen LogP contribution in [0.4, 0.5) is 0 Å². The molecule has 4 unspecified atom stereocenters. The molecule has 104 valence electrons. The van der Waals surface area contributed by atoms with Crippen molar-refractivity contribution in [1.29, 1.82) is 0 Å². The number of fused-ring (bicyclic) bond motifs is 2. The molecule has 3 heteroatoms. The fourth-order valence-corrected chi connectivity index (χ4v) is 4.53. The van der Waals surface area contributed by atoms with Gasteiger partial charge in [0.25, 0.3) is 0 Å². The summed E-state index contributed by atoms with van der Waals surface area (Å²) in [5.41, 5.74) is 0.455. The first-order valence-electron chi connectivity index (χ1n) is 7.65. The Labute approximate surface area is 114 Å². The van der Waals surface area contributed by atoms with Crippen molar-refractivity contribution < 1.29 is 9.15 Å². The molecule has 3 fully saturated rings. The van der Waals surface area contributed by atoms with Gasteiger partial charge in [0.15, 0.2) is 0 Å². The van der Waals surface area contributed by atoms with Crippen molar-refractivity contribution in [2.75, 3.05) is 6.61 Å². The number of ether oxygens (including phenoxy) is 1. The normalized spacial score (nSPS) is 36.6. The predicted molar refractivity (Wildman–Crippen MR) is 72.9 cm³/mol. The minimum atomic E-state index is 0.303. The molecule has 3 aliphatic rings. The molecule has 4 atom stereocenters. The van der Waals surface area contributed by atoms with Gasteiger partial charge in [0.1, 0.15) is 11.5 Å². The van der Waals surface area contributed by atoms with Crippen molar-refractivity contribution in [2.24, 2.45) is 11.3 Å². The number of aryl methyl sites for hydroxylation is 1. The van der Waals surface area contributed by atoms with Gasteiger partial charge in [-0.3, -0.25) is 0 Å². The predicted octanol–water partition coefficient (Wildman–Crippen LogP) is 3.20. The molecule has 3 nitrogen and oxygen atoms in total. The Morgan fingerprint density at radius 1 is 1.37 bits per heavy atom. The Morgan fingerprint density at radius 2 is 2.21 bits per heavy atom. The van der Waals surface area contributed by atoms with Crippen LogP contribution >= 0.6 is 0 Å². The lowest BCUT2D eigenvalue weighted by atomic mass is 9.46. The van der Waals surface area contributed by atoms with Crippen LogP contribution in [0.25, 0.3) is 0 Å². The Morgan fingerprint density at radius 3 is 2.84 bits per heavy atom. The average Bonchev–Trinajstić information content (AvgIpc) is 2.91. The van der Waals surface area contributed by atoms with Crippen LogP contribution in [-0.2, 0) is 4.74 Å². The summed E-state index contributed by atoms with van der Waals surface area (Å²) in [5, 5.41) is 3.84. The summed E-state index contributed by atoms with van der Waals surface area (Å²) in [6, 6.07) is 5.09. The van der Waals surface area contributed by atoms with Crippen molar-refractivity contribution in [3.05, 3.63) is 23.7 Å². The minimum absolute atomic E-state index is 0.303. The summed E-state index contributed by atoms with van der Waals surface area (Å²) in [6.45, 7) is 5.19. The van der Waals surface area contributed by atoms with Crippen LogP contribution in [0.1, 0.15) is 50.2 Å². The largest absolute Gasteiger partial charge is 0.465 e. The third-order valence-corrected chi connectivity index (χ3v) is 5.65. The minimum Gasteiger partial charge on any atom is -0.465 e. The summed E-state index contributed by atoms with van der Waals surface area (Å²) >= 11 is 0. The Bertz CT molecular complexity index is 477. The summed E-state index contributed by atoms with van der Waals surface area (Å²) in [5.74, 6) is 2.80. The van der Waals surface area contributed by atoms with Gasteiger partial charge in [0.05, 0.1) is 12.1 Å². The topological polar surface area (TPSA) is 34.4 Å². The van der Waals surface area contributed by atoms with Crippen LogP contribution in [0, 0.1) is 18.3 Å². The van der Waals surface area contributed by atoms with E-state index in [1.54, 1.807) is 0 Å². The lowest BCUT2D eigenvalue weighted by Gasteiger charge is -2.64. The molecule has 4 rings (SSSR count). The van der Waals surface area contributed by atoms with E-state index in [1.165, 1.54) is 25.7 Å². The van der Waals surface area contributed by atoms with Crippen molar-refractivity contribution in [3.63, 3.8) is 0 Å². The quantitative estimate of drug-likeness (QED) is 0.907. The number of hydrogen-bond acceptors (Lipinski definition) is 3. The highest BCUT2D eigenvalue weighted by atomic mass is 16.5. The van der Waals surface area contributed by atoms with E-state index in [0.29, 0.717) is 23.6 Å². The van der Waals surface area contributed by atoms with E-state index in [0.717, 1.165) is 24.0 Å². The molecule has 2 aliphatic carbocycles. The maximum atomic E-state index is 5.97. The first-order valence-corrected chi connectivity index (χ1v) is 7.65. The zero-order valence-electron chi connectivity index (χ0n) is 11.8. The molecule has 1 aliphatic heterocycles. The Hall–Kier alpha value is -0.800. The number of rotatable bonds is 3. The highest BCUT2D eigenvalue weighted by molar-refractivity contribution is 5.20. The standard InChI is InChI=1S/C16H23NO2/c1-10-4-5-13(19-10)11(2)17-14-12-6-9-18-15(12)16(14)7-3-8-16/h4-5,11-12,14-15,17H,3,6-9H2,1-2H3. The Balaban J connectivity index is 1.50. The van der Waals surface area contributed by atoms with E-state index in [4.69, 9.17) is 9.15 Å². The zero-order chi connectivity index (χ0) is 13.0. The molecule has 1 saturated heterocycles. The van der Waals surface area contributed by atoms with E-state index >= 15 is 0 Å². The molecule has 1 aromatic heterocycles. The molecule has 1 N–H and O–H groups in total. The highest BCUT2D eigenvalue weighted by Crippen LogP contribution is 2.63. The van der Waals surface area contributed by atoms with Crippen molar-refractivity contribution >= 4 is 0 Å². The summed E-state index contributed by atoms with van der Waals surface area (Å²) in [4.78, 5) is 0. The van der Waals surface area contributed by atoms with Gasteiger partial charge in [-0.1, -0.05) is 6.42 Å². The van der Waals surface area contributed by atoms with Crippen LogP contribution in [0.15, 0.2) is 16.5 Å². The second kappa shape index (κ2) is 4.10. The molecule has 0 aromatic carbocycles. The molecular weight excluding hydrogens is 238 g/mol. The highest BCUT2D eigenvalue weighted by Gasteiger charge is 2.66. The summed E-state index contributed by atoms with van der Waals surface area (Å²) in [7, 11) is 0. The number of furan rings is 1. The second-order valence-electron chi connectivity index (χ2n) is 6.65. The van der Waals surface area contributed by atoms with Gasteiger partial charge in [-0.15, -0.1) is 0 Å². The summed E-state index contributed by atoms with van der Waals surface area (Å²) in [6.07, 6.45) is 5.84. The second-order valence-corrected chi connectivity index (χ2v) is 6.65. The molecule has 0 amide bonds. The van der Waals surface area contributed by atoms with Gasteiger partial charge >= 0.3 is 0 Å². The third kappa shape index (κ3) is 1.58. The van der Waals surface area contributed by atoms with Crippen LogP contribution in [-0.4, -0.2) is 18.8 Å². The van der Waals surface area contributed by atoms with Crippen LogP contribution < -0.4 is 5.32 Å². The van der Waals surface area contributed by atoms with Crippen molar-refractivity contribution in [3.8, 4) is 0 Å². The molecule has 0 radical (unpaired) electrons. The fraction of sp³-hybridized carbons (Fsp3) is 0.750. The van der Waals surface area contributed by atoms with Gasteiger partial charge in [-0.05, 0) is 45.2 Å². The van der Waals surface area contributed by atoms with Crippen molar-refractivity contribution in [1.82, 2.24) is 5.32 Å².